The molecule has 0 amide bonds. The fourth-order valence-electron chi connectivity index (χ4n) is 1.89. The third-order valence-corrected chi connectivity index (χ3v) is 2.81. The van der Waals surface area contributed by atoms with Gasteiger partial charge in [0, 0.05) is 24.0 Å². The lowest BCUT2D eigenvalue weighted by Crippen LogP contribution is -1.93. The van der Waals surface area contributed by atoms with Crippen molar-refractivity contribution in [1.29, 1.82) is 5.26 Å². The molecule has 0 radical (unpaired) electrons. The zero-order valence-corrected chi connectivity index (χ0v) is 10.8. The first-order valence-electron chi connectivity index (χ1n) is 5.51. The number of nitrogen functional groups attached to an aromatic ring is 1. The summed E-state index contributed by atoms with van der Waals surface area (Å²) in [7, 11) is 0. The largest absolute Gasteiger partial charge is 0.398 e. The van der Waals surface area contributed by atoms with Crippen molar-refractivity contribution in [3.05, 3.63) is 54.4 Å². The summed E-state index contributed by atoms with van der Waals surface area (Å²) >= 11 is 0. The molecule has 2 N–H and O–H groups in total. The Labute approximate surface area is 116 Å². The molecule has 0 aliphatic carbocycles. The van der Waals surface area contributed by atoms with Crippen LogP contribution in [0.25, 0.3) is 16.9 Å². The maximum Gasteiger partial charge on any atom is 0.139 e. The highest BCUT2D eigenvalue weighted by Crippen LogP contribution is 2.21. The van der Waals surface area contributed by atoms with E-state index in [0.717, 1.165) is 16.9 Å². The molecule has 4 nitrogen and oxygen atoms in total. The van der Waals surface area contributed by atoms with Gasteiger partial charge in [0.15, 0.2) is 0 Å². The fraction of sp³-hybridized carbons (Fsp3) is 0. The second-order valence-corrected chi connectivity index (χ2v) is 4.01. The predicted molar refractivity (Wildman–Crippen MR) is 77.0 cm³/mol. The summed E-state index contributed by atoms with van der Waals surface area (Å²) < 4.78 is 1.82. The van der Waals surface area contributed by atoms with Gasteiger partial charge in [-0.05, 0) is 0 Å². The lowest BCUT2D eigenvalue weighted by molar-refractivity contribution is 1.18. The Morgan fingerprint density at radius 3 is 2.58 bits per heavy atom. The van der Waals surface area contributed by atoms with Crippen LogP contribution in [0.2, 0.25) is 0 Å². The van der Waals surface area contributed by atoms with Crippen molar-refractivity contribution >= 4 is 23.7 Å². The number of imidazole rings is 1. The van der Waals surface area contributed by atoms with Gasteiger partial charge in [-0.1, -0.05) is 30.3 Å². The zero-order valence-electron chi connectivity index (χ0n) is 9.95. The average Bonchev–Trinajstić information content (AvgIpc) is 2.81. The molecule has 2 heterocycles. The number of rotatable bonds is 1. The van der Waals surface area contributed by atoms with Gasteiger partial charge in [0.05, 0.1) is 16.9 Å². The Bertz CT molecular complexity index is 756. The number of pyridine rings is 1. The summed E-state index contributed by atoms with van der Waals surface area (Å²) in [6.45, 7) is 0. The first-order valence-corrected chi connectivity index (χ1v) is 5.51. The highest BCUT2D eigenvalue weighted by molar-refractivity contribution is 5.85. The molecule has 19 heavy (non-hydrogen) atoms. The van der Waals surface area contributed by atoms with Crippen LogP contribution < -0.4 is 5.73 Å². The van der Waals surface area contributed by atoms with Crippen LogP contribution in [0.5, 0.6) is 0 Å². The molecule has 3 aromatic rings. The molecule has 0 unspecified atom stereocenters. The van der Waals surface area contributed by atoms with E-state index in [1.54, 1.807) is 12.3 Å². The number of anilines is 1. The van der Waals surface area contributed by atoms with E-state index in [9.17, 15) is 0 Å². The van der Waals surface area contributed by atoms with Gasteiger partial charge in [-0.25, -0.2) is 4.98 Å². The van der Waals surface area contributed by atoms with E-state index in [1.165, 1.54) is 0 Å². The first-order chi connectivity index (χ1) is 8.78. The number of hydrogen-bond acceptors (Lipinski definition) is 3. The number of nitrogens with zero attached hydrogens (tertiary/aromatic N) is 3. The van der Waals surface area contributed by atoms with Gasteiger partial charge >= 0.3 is 0 Å². The summed E-state index contributed by atoms with van der Waals surface area (Å²) in [6.07, 6.45) is 3.59. The lowest BCUT2D eigenvalue weighted by atomic mass is 10.2. The van der Waals surface area contributed by atoms with Gasteiger partial charge in [-0.2, -0.15) is 5.26 Å². The third-order valence-electron chi connectivity index (χ3n) is 2.81. The van der Waals surface area contributed by atoms with E-state index in [-0.39, 0.29) is 12.4 Å². The van der Waals surface area contributed by atoms with Gasteiger partial charge in [-0.15, -0.1) is 12.4 Å². The van der Waals surface area contributed by atoms with E-state index in [2.05, 4.69) is 11.1 Å². The predicted octanol–water partition coefficient (Wildman–Crippen LogP) is 2.88. The molecule has 0 fully saturated rings. The summed E-state index contributed by atoms with van der Waals surface area (Å²) in [5.41, 5.74) is 9.33. The Hall–Kier alpha value is -2.51. The van der Waals surface area contributed by atoms with Gasteiger partial charge in [0.25, 0.3) is 0 Å². The molecule has 5 heteroatoms. The average molecular weight is 271 g/mol. The van der Waals surface area contributed by atoms with Crippen LogP contribution in [-0.2, 0) is 0 Å². The van der Waals surface area contributed by atoms with Gasteiger partial charge in [0.1, 0.15) is 11.7 Å². The summed E-state index contributed by atoms with van der Waals surface area (Å²) in [5, 5.41) is 8.94. The molecule has 94 valence electrons. The molecule has 0 aliphatic rings. The minimum Gasteiger partial charge on any atom is -0.398 e. The van der Waals surface area contributed by atoms with Crippen molar-refractivity contribution in [2.75, 3.05) is 5.73 Å². The van der Waals surface area contributed by atoms with Crippen molar-refractivity contribution in [2.45, 2.75) is 0 Å². The number of benzene rings is 1. The molecule has 0 bridgehead atoms. The Morgan fingerprint density at radius 2 is 1.89 bits per heavy atom. The van der Waals surface area contributed by atoms with Crippen molar-refractivity contribution in [1.82, 2.24) is 9.38 Å². The fourth-order valence-corrected chi connectivity index (χ4v) is 1.89. The standard InChI is InChI=1S/C14H10N4.ClH/c15-7-11-8-18-9-13(10-4-2-1-3-5-10)17-14(18)6-12(11)16;/h1-6,8-9H,16H2;1H. The number of hydrogen-bond donors (Lipinski definition) is 1. The first kappa shape index (κ1) is 12.9. The number of fused-ring (bicyclic) bond motifs is 1. The van der Waals surface area contributed by atoms with E-state index in [1.807, 2.05) is 40.9 Å². The second-order valence-electron chi connectivity index (χ2n) is 4.01. The van der Waals surface area contributed by atoms with Crippen LogP contribution in [0.3, 0.4) is 0 Å². The number of nitriles is 1. The third kappa shape index (κ3) is 2.24. The Morgan fingerprint density at radius 1 is 1.16 bits per heavy atom. The van der Waals surface area contributed by atoms with E-state index >= 15 is 0 Å². The van der Waals surface area contributed by atoms with Crippen molar-refractivity contribution in [3.8, 4) is 17.3 Å². The second kappa shape index (κ2) is 5.01. The number of nitrogens with two attached hydrogens (primary N) is 1. The maximum absolute atomic E-state index is 8.94. The minimum atomic E-state index is 0. The molecule has 2 aromatic heterocycles. The normalized spacial score (nSPS) is 9.84. The monoisotopic (exact) mass is 270 g/mol. The van der Waals surface area contributed by atoms with Crippen molar-refractivity contribution in [2.24, 2.45) is 0 Å². The molecule has 0 spiro atoms. The highest BCUT2D eigenvalue weighted by atomic mass is 35.5. The van der Waals surface area contributed by atoms with E-state index in [4.69, 9.17) is 11.0 Å². The van der Waals surface area contributed by atoms with Crippen molar-refractivity contribution < 1.29 is 0 Å². The quantitative estimate of drug-likeness (QED) is 0.739. The van der Waals surface area contributed by atoms with Crippen LogP contribution in [-0.4, -0.2) is 9.38 Å². The van der Waals surface area contributed by atoms with Crippen LogP contribution in [0.15, 0.2) is 48.8 Å². The molecule has 0 saturated heterocycles. The van der Waals surface area contributed by atoms with Gasteiger partial charge in [-0.3, -0.25) is 0 Å². The van der Waals surface area contributed by atoms with Crippen LogP contribution in [0.1, 0.15) is 5.56 Å². The number of aromatic nitrogens is 2. The van der Waals surface area contributed by atoms with E-state index < -0.39 is 0 Å². The van der Waals surface area contributed by atoms with Crippen LogP contribution in [0, 0.1) is 11.3 Å². The van der Waals surface area contributed by atoms with Gasteiger partial charge in [0.2, 0.25) is 0 Å². The summed E-state index contributed by atoms with van der Waals surface area (Å²) in [4.78, 5) is 4.49. The van der Waals surface area contributed by atoms with Crippen LogP contribution in [0.4, 0.5) is 5.69 Å². The highest BCUT2D eigenvalue weighted by Gasteiger charge is 2.06. The zero-order chi connectivity index (χ0) is 12.5. The molecular weight excluding hydrogens is 260 g/mol. The topological polar surface area (TPSA) is 67.1 Å². The maximum atomic E-state index is 8.94. The van der Waals surface area contributed by atoms with Gasteiger partial charge < -0.3 is 10.1 Å². The number of halogens is 1. The van der Waals surface area contributed by atoms with E-state index in [0.29, 0.717) is 11.3 Å². The van der Waals surface area contributed by atoms with Crippen LogP contribution >= 0.6 is 12.4 Å². The molecule has 3 rings (SSSR count). The molecule has 1 aromatic carbocycles. The van der Waals surface area contributed by atoms with Crippen molar-refractivity contribution in [3.63, 3.8) is 0 Å². The molecule has 0 saturated carbocycles. The Balaban J connectivity index is 0.00000133. The lowest BCUT2D eigenvalue weighted by Gasteiger charge is -1.97. The summed E-state index contributed by atoms with van der Waals surface area (Å²) in [5.74, 6) is 0. The molecule has 0 atom stereocenters. The Kier molecular flexibility index (Phi) is 3.41. The minimum absolute atomic E-state index is 0. The smallest absolute Gasteiger partial charge is 0.139 e. The molecular formula is C14H11ClN4. The summed E-state index contributed by atoms with van der Waals surface area (Å²) in [6, 6.07) is 13.7. The SMILES string of the molecule is Cl.N#Cc1cn2cc(-c3ccccc3)nc2cc1N. The molecule has 0 aliphatic heterocycles.